The summed E-state index contributed by atoms with van der Waals surface area (Å²) in [5, 5.41) is 2.01. The second-order valence-corrected chi connectivity index (χ2v) is 5.72. The number of carbonyl (C=O) groups excluding carboxylic acids is 1. The van der Waals surface area contributed by atoms with Crippen molar-refractivity contribution >= 4 is 29.9 Å². The van der Waals surface area contributed by atoms with Crippen molar-refractivity contribution in [1.82, 2.24) is 0 Å². The van der Waals surface area contributed by atoms with Gasteiger partial charge in [-0.05, 0) is 41.3 Å². The SMILES string of the molecule is NC(=O)c1cccc(-c2cccs2)c1.Sc1ccccc1.[Zn]. The summed E-state index contributed by atoms with van der Waals surface area (Å²) < 4.78 is 0. The van der Waals surface area contributed by atoms with Gasteiger partial charge in [0.25, 0.3) is 0 Å². The van der Waals surface area contributed by atoms with Crippen LogP contribution in [0.25, 0.3) is 10.4 Å². The molecule has 0 aliphatic rings. The Morgan fingerprint density at radius 3 is 2.18 bits per heavy atom. The Morgan fingerprint density at radius 2 is 1.68 bits per heavy atom. The molecule has 22 heavy (non-hydrogen) atoms. The summed E-state index contributed by atoms with van der Waals surface area (Å²) in [7, 11) is 0. The van der Waals surface area contributed by atoms with E-state index in [1.54, 1.807) is 17.4 Å². The third-order valence-electron chi connectivity index (χ3n) is 2.71. The van der Waals surface area contributed by atoms with Gasteiger partial charge in [-0.25, -0.2) is 0 Å². The van der Waals surface area contributed by atoms with E-state index in [0.717, 1.165) is 15.3 Å². The van der Waals surface area contributed by atoms with E-state index in [1.807, 2.05) is 66.0 Å². The van der Waals surface area contributed by atoms with Gasteiger partial charge in [0.2, 0.25) is 5.91 Å². The number of carbonyl (C=O) groups is 1. The molecule has 1 heterocycles. The Bertz CT molecular complexity index is 700. The molecule has 5 heteroatoms. The van der Waals surface area contributed by atoms with Crippen molar-refractivity contribution in [1.29, 1.82) is 0 Å². The van der Waals surface area contributed by atoms with Crippen LogP contribution in [0.3, 0.4) is 0 Å². The van der Waals surface area contributed by atoms with Gasteiger partial charge >= 0.3 is 0 Å². The van der Waals surface area contributed by atoms with Crippen LogP contribution in [0.2, 0.25) is 0 Å². The third-order valence-corrected chi connectivity index (χ3v) is 3.93. The van der Waals surface area contributed by atoms with E-state index in [1.165, 1.54) is 0 Å². The first-order valence-corrected chi connectivity index (χ1v) is 7.67. The van der Waals surface area contributed by atoms with Gasteiger partial charge in [0.15, 0.2) is 0 Å². The number of primary amides is 1. The van der Waals surface area contributed by atoms with E-state index in [4.69, 9.17) is 5.73 Å². The maximum atomic E-state index is 10.9. The summed E-state index contributed by atoms with van der Waals surface area (Å²) in [6.45, 7) is 0. The Kier molecular flexibility index (Phi) is 8.10. The van der Waals surface area contributed by atoms with Crippen LogP contribution in [0.1, 0.15) is 10.4 Å². The molecule has 2 nitrogen and oxygen atoms in total. The molecule has 0 saturated carbocycles. The summed E-state index contributed by atoms with van der Waals surface area (Å²) in [4.78, 5) is 13.1. The largest absolute Gasteiger partial charge is 0.366 e. The fourth-order valence-corrected chi connectivity index (χ4v) is 2.59. The van der Waals surface area contributed by atoms with Gasteiger partial charge < -0.3 is 5.73 Å². The molecule has 0 aliphatic carbocycles. The minimum absolute atomic E-state index is 0. The van der Waals surface area contributed by atoms with Crippen LogP contribution in [-0.2, 0) is 19.5 Å². The number of hydrogen-bond donors (Lipinski definition) is 2. The van der Waals surface area contributed by atoms with Crippen molar-refractivity contribution in [2.45, 2.75) is 4.90 Å². The van der Waals surface area contributed by atoms with Gasteiger partial charge in [0.1, 0.15) is 0 Å². The van der Waals surface area contributed by atoms with Gasteiger partial charge in [-0.2, -0.15) is 0 Å². The minimum Gasteiger partial charge on any atom is -0.366 e. The number of amides is 1. The molecule has 2 aromatic carbocycles. The fraction of sp³-hybridized carbons (Fsp3) is 0. The van der Waals surface area contributed by atoms with E-state index in [-0.39, 0.29) is 25.4 Å². The van der Waals surface area contributed by atoms with Crippen LogP contribution < -0.4 is 5.73 Å². The average molecular weight is 379 g/mol. The monoisotopic (exact) mass is 377 g/mol. The molecular formula is C17H15NOS2Zn. The molecule has 0 bridgehead atoms. The zero-order valence-corrected chi connectivity index (χ0v) is 16.7. The zero-order chi connectivity index (χ0) is 15.1. The summed E-state index contributed by atoms with van der Waals surface area (Å²) in [6.07, 6.45) is 0. The first kappa shape index (κ1) is 18.6. The van der Waals surface area contributed by atoms with Crippen LogP contribution in [-0.4, -0.2) is 5.91 Å². The average Bonchev–Trinajstić information content (AvgIpc) is 3.03. The Balaban J connectivity index is 0.000000258. The number of thiophene rings is 1. The summed E-state index contributed by atoms with van der Waals surface area (Å²) >= 11 is 5.73. The van der Waals surface area contributed by atoms with E-state index in [2.05, 4.69) is 12.6 Å². The third kappa shape index (κ3) is 5.76. The van der Waals surface area contributed by atoms with E-state index >= 15 is 0 Å². The van der Waals surface area contributed by atoms with Crippen LogP contribution in [0.15, 0.2) is 77.0 Å². The zero-order valence-electron chi connectivity index (χ0n) is 12.0. The van der Waals surface area contributed by atoms with Gasteiger partial charge in [-0.1, -0.05) is 36.4 Å². The van der Waals surface area contributed by atoms with Crippen molar-refractivity contribution in [3.63, 3.8) is 0 Å². The van der Waals surface area contributed by atoms with Crippen LogP contribution in [0.5, 0.6) is 0 Å². The predicted octanol–water partition coefficient (Wildman–Crippen LogP) is 4.49. The topological polar surface area (TPSA) is 43.1 Å². The van der Waals surface area contributed by atoms with Crippen LogP contribution >= 0.6 is 24.0 Å². The molecule has 3 rings (SSSR count). The molecule has 3 aromatic rings. The van der Waals surface area contributed by atoms with Crippen LogP contribution in [0, 0.1) is 0 Å². The molecule has 1 aromatic heterocycles. The Morgan fingerprint density at radius 1 is 0.955 bits per heavy atom. The molecule has 0 saturated heterocycles. The van der Waals surface area contributed by atoms with E-state index in [9.17, 15) is 4.79 Å². The molecule has 2 N–H and O–H groups in total. The maximum absolute atomic E-state index is 10.9. The summed E-state index contributed by atoms with van der Waals surface area (Å²) in [6, 6.07) is 21.1. The molecule has 0 spiro atoms. The van der Waals surface area contributed by atoms with Crippen molar-refractivity contribution in [2.75, 3.05) is 0 Å². The standard InChI is InChI=1S/C11H9NOS.C6H6S.Zn/c12-11(13)9-4-1-3-8(7-9)10-5-2-6-14-10;7-6-4-2-1-3-5-6;/h1-7H,(H2,12,13);1-5,7H;. The predicted molar refractivity (Wildman–Crippen MR) is 92.0 cm³/mol. The second kappa shape index (κ2) is 9.57. The van der Waals surface area contributed by atoms with Gasteiger partial charge in [-0.3, -0.25) is 4.79 Å². The first-order valence-electron chi connectivity index (χ1n) is 6.34. The quantitative estimate of drug-likeness (QED) is 0.501. The normalized spacial score (nSPS) is 9.14. The van der Waals surface area contributed by atoms with Gasteiger partial charge in [0, 0.05) is 34.8 Å². The first-order chi connectivity index (χ1) is 10.2. The molecular weight excluding hydrogens is 364 g/mol. The Hall–Kier alpha value is -1.42. The molecule has 0 unspecified atom stereocenters. The van der Waals surface area contributed by atoms with E-state index < -0.39 is 0 Å². The van der Waals surface area contributed by atoms with Crippen molar-refractivity contribution < 1.29 is 24.3 Å². The summed E-state index contributed by atoms with van der Waals surface area (Å²) in [5.41, 5.74) is 6.79. The van der Waals surface area contributed by atoms with Gasteiger partial charge in [0.05, 0.1) is 0 Å². The van der Waals surface area contributed by atoms with Gasteiger partial charge in [-0.15, -0.1) is 24.0 Å². The number of benzene rings is 2. The Labute approximate surface area is 152 Å². The minimum atomic E-state index is -0.386. The molecule has 0 aliphatic heterocycles. The van der Waals surface area contributed by atoms with Crippen molar-refractivity contribution in [3.8, 4) is 10.4 Å². The van der Waals surface area contributed by atoms with E-state index in [0.29, 0.717) is 5.56 Å². The van der Waals surface area contributed by atoms with Crippen molar-refractivity contribution in [3.05, 3.63) is 77.7 Å². The number of hydrogen-bond acceptors (Lipinski definition) is 3. The maximum Gasteiger partial charge on any atom is 0.248 e. The summed E-state index contributed by atoms with van der Waals surface area (Å²) in [5.74, 6) is -0.386. The molecule has 0 radical (unpaired) electrons. The van der Waals surface area contributed by atoms with Crippen molar-refractivity contribution in [2.24, 2.45) is 5.73 Å². The number of rotatable bonds is 2. The fourth-order valence-electron chi connectivity index (χ4n) is 1.70. The van der Waals surface area contributed by atoms with Crippen LogP contribution in [0.4, 0.5) is 0 Å². The number of nitrogens with two attached hydrogens (primary N) is 1. The second-order valence-electron chi connectivity index (χ2n) is 4.26. The molecule has 1 amide bonds. The smallest absolute Gasteiger partial charge is 0.248 e. The number of thiol groups is 1. The molecule has 108 valence electrons. The molecule has 0 fully saturated rings. The molecule has 0 atom stereocenters.